The van der Waals surface area contributed by atoms with E-state index in [0.29, 0.717) is 25.7 Å². The molecule has 5 rings (SSSR count). The van der Waals surface area contributed by atoms with Crippen molar-refractivity contribution in [1.82, 2.24) is 0 Å². The third kappa shape index (κ3) is 4.00. The number of carbonyl (C=O) groups is 1. The summed E-state index contributed by atoms with van der Waals surface area (Å²) >= 11 is 0. The maximum atomic E-state index is 14.0. The Kier molecular flexibility index (Phi) is 5.86. The number of benzene rings is 1. The highest BCUT2D eigenvalue weighted by Gasteiger charge is 2.65. The van der Waals surface area contributed by atoms with E-state index < -0.39 is 23.8 Å². The zero-order valence-corrected chi connectivity index (χ0v) is 19.6. The maximum absolute atomic E-state index is 14.0. The second-order valence-corrected chi connectivity index (χ2v) is 10.7. The van der Waals surface area contributed by atoms with Gasteiger partial charge in [0, 0.05) is 12.3 Å². The monoisotopic (exact) mass is 492 g/mol. The molecule has 188 valence electrons. The van der Waals surface area contributed by atoms with E-state index in [1.54, 1.807) is 12.2 Å². The second kappa shape index (κ2) is 8.39. The highest BCUT2D eigenvalue weighted by molar-refractivity contribution is 5.93. The Morgan fingerprint density at radius 3 is 2.40 bits per heavy atom. The van der Waals surface area contributed by atoms with Crippen molar-refractivity contribution in [3.63, 3.8) is 0 Å². The molecule has 2 nitrogen and oxygen atoms in total. The Balaban J connectivity index is 1.59. The van der Waals surface area contributed by atoms with Gasteiger partial charge < -0.3 is 4.74 Å². The highest BCUT2D eigenvalue weighted by Crippen LogP contribution is 2.65. The molecular weight excluding hydrogens is 463 g/mol. The fourth-order valence-corrected chi connectivity index (χ4v) is 7.22. The van der Waals surface area contributed by atoms with Crippen LogP contribution in [0, 0.1) is 17.3 Å². The first kappa shape index (κ1) is 24.4. The van der Waals surface area contributed by atoms with Crippen molar-refractivity contribution >= 4 is 11.9 Å². The number of hydrogen-bond acceptors (Lipinski definition) is 2. The molecule has 1 aromatic carbocycles. The van der Waals surface area contributed by atoms with E-state index in [4.69, 9.17) is 0 Å². The molecule has 2 fully saturated rings. The van der Waals surface area contributed by atoms with Gasteiger partial charge in [0.25, 0.3) is 0 Å². The van der Waals surface area contributed by atoms with Crippen LogP contribution in [0.4, 0.5) is 22.0 Å². The number of allylic oxidation sites excluding steroid dienone is 4. The number of carbonyl (C=O) groups excluding carboxylic acids is 1. The number of fused-ring (bicyclic) bond motifs is 4. The number of ether oxygens (including phenoxy) is 1. The van der Waals surface area contributed by atoms with E-state index in [1.807, 2.05) is 31.2 Å². The standard InChI is InChI=1S/C28H29F5O2/c1-3-16-4-6-17(7-5-16)22-15-26(2)23(12-13-24(26)35-28(32,33)27(29,30)31)21-10-8-18-14-19(34)9-11-20(18)25(21)22/h3-7,14,21-24H,1,8-13,15H2,2H3. The number of rotatable bonds is 4. The van der Waals surface area contributed by atoms with Crippen LogP contribution in [0.15, 0.2) is 53.6 Å². The molecule has 0 saturated heterocycles. The van der Waals surface area contributed by atoms with Crippen molar-refractivity contribution < 1.29 is 31.5 Å². The zero-order valence-electron chi connectivity index (χ0n) is 19.6. The van der Waals surface area contributed by atoms with Gasteiger partial charge in [-0.2, -0.15) is 22.0 Å². The Labute approximate surface area is 201 Å². The molecule has 5 unspecified atom stereocenters. The summed E-state index contributed by atoms with van der Waals surface area (Å²) in [7, 11) is 0. The van der Waals surface area contributed by atoms with Crippen LogP contribution in [0.5, 0.6) is 0 Å². The van der Waals surface area contributed by atoms with Crippen LogP contribution in [0.1, 0.15) is 68.9 Å². The second-order valence-electron chi connectivity index (χ2n) is 10.7. The minimum Gasteiger partial charge on any atom is -0.309 e. The minimum absolute atomic E-state index is 0.0399. The number of hydrogen-bond donors (Lipinski definition) is 0. The predicted octanol–water partition coefficient (Wildman–Crippen LogP) is 7.77. The van der Waals surface area contributed by atoms with Gasteiger partial charge in [0.1, 0.15) is 0 Å². The third-order valence-corrected chi connectivity index (χ3v) is 8.84. The molecule has 0 aromatic heterocycles. The van der Waals surface area contributed by atoms with Crippen LogP contribution in [-0.4, -0.2) is 24.2 Å². The lowest BCUT2D eigenvalue weighted by Crippen LogP contribution is -2.50. The zero-order chi connectivity index (χ0) is 25.2. The van der Waals surface area contributed by atoms with E-state index in [1.165, 1.54) is 11.1 Å². The van der Waals surface area contributed by atoms with E-state index in [2.05, 4.69) is 11.3 Å². The smallest absolute Gasteiger partial charge is 0.309 e. The van der Waals surface area contributed by atoms with Crippen molar-refractivity contribution in [3.8, 4) is 0 Å². The summed E-state index contributed by atoms with van der Waals surface area (Å²) in [5, 5.41) is 0. The average Bonchev–Trinajstić information content (AvgIpc) is 3.12. The van der Waals surface area contributed by atoms with Gasteiger partial charge in [0.15, 0.2) is 5.78 Å². The quantitative estimate of drug-likeness (QED) is 0.402. The van der Waals surface area contributed by atoms with Gasteiger partial charge in [-0.25, -0.2) is 0 Å². The molecule has 0 N–H and O–H groups in total. The van der Waals surface area contributed by atoms with Gasteiger partial charge in [0.05, 0.1) is 6.10 Å². The lowest BCUT2D eigenvalue weighted by molar-refractivity contribution is -0.408. The largest absolute Gasteiger partial charge is 0.482 e. The molecule has 0 amide bonds. The SMILES string of the molecule is C=Cc1ccc(C2CC3(C)C(OC(F)(F)C(F)(F)F)CCC3C3CCC4=CC(=O)CCC4=C23)cc1. The fourth-order valence-electron chi connectivity index (χ4n) is 7.22. The lowest BCUT2D eigenvalue weighted by Gasteiger charge is -2.52. The average molecular weight is 493 g/mol. The van der Waals surface area contributed by atoms with E-state index >= 15 is 0 Å². The molecule has 0 radical (unpaired) electrons. The molecule has 7 heteroatoms. The molecular formula is C28H29F5O2. The molecule has 0 bridgehead atoms. The molecule has 4 aliphatic carbocycles. The van der Waals surface area contributed by atoms with Crippen LogP contribution in [0.2, 0.25) is 0 Å². The molecule has 35 heavy (non-hydrogen) atoms. The molecule has 4 aliphatic rings. The maximum Gasteiger partial charge on any atom is 0.482 e. The van der Waals surface area contributed by atoms with Crippen molar-refractivity contribution in [3.05, 3.63) is 64.8 Å². The first-order chi connectivity index (χ1) is 16.4. The Morgan fingerprint density at radius 1 is 1.03 bits per heavy atom. The fraction of sp³-hybridized carbons (Fsp3) is 0.536. The highest BCUT2D eigenvalue weighted by atomic mass is 19.4. The molecule has 2 saturated carbocycles. The van der Waals surface area contributed by atoms with Crippen molar-refractivity contribution in [2.45, 2.75) is 76.2 Å². The summed E-state index contributed by atoms with van der Waals surface area (Å²) in [6.07, 6.45) is -4.86. The van der Waals surface area contributed by atoms with Crippen molar-refractivity contribution in [2.75, 3.05) is 0 Å². The Hall–Kier alpha value is -2.28. The summed E-state index contributed by atoms with van der Waals surface area (Å²) in [6.45, 7) is 5.63. The van der Waals surface area contributed by atoms with Crippen LogP contribution in [0.25, 0.3) is 6.08 Å². The molecule has 0 aliphatic heterocycles. The summed E-state index contributed by atoms with van der Waals surface area (Å²) in [5.41, 5.74) is 4.66. The van der Waals surface area contributed by atoms with Crippen LogP contribution in [0.3, 0.4) is 0 Å². The Bertz CT molecular complexity index is 1100. The van der Waals surface area contributed by atoms with E-state index in [0.717, 1.165) is 29.5 Å². The molecule has 0 spiro atoms. The van der Waals surface area contributed by atoms with Gasteiger partial charge in [-0.3, -0.25) is 4.79 Å². The van der Waals surface area contributed by atoms with E-state index in [9.17, 15) is 26.7 Å². The van der Waals surface area contributed by atoms with Crippen LogP contribution < -0.4 is 0 Å². The number of halogens is 5. The van der Waals surface area contributed by atoms with Gasteiger partial charge in [-0.05, 0) is 84.1 Å². The topological polar surface area (TPSA) is 26.3 Å². The van der Waals surface area contributed by atoms with Crippen LogP contribution in [-0.2, 0) is 9.53 Å². The first-order valence-electron chi connectivity index (χ1n) is 12.3. The summed E-state index contributed by atoms with van der Waals surface area (Å²) in [5.74, 6) is 0.0305. The summed E-state index contributed by atoms with van der Waals surface area (Å²) in [6, 6.07) is 7.89. The third-order valence-electron chi connectivity index (χ3n) is 8.84. The van der Waals surface area contributed by atoms with Gasteiger partial charge >= 0.3 is 12.3 Å². The molecule has 1 aromatic rings. The lowest BCUT2D eigenvalue weighted by atomic mass is 9.53. The summed E-state index contributed by atoms with van der Waals surface area (Å²) < 4.78 is 71.6. The molecule has 0 heterocycles. The van der Waals surface area contributed by atoms with Crippen LogP contribution >= 0.6 is 0 Å². The van der Waals surface area contributed by atoms with Crippen molar-refractivity contribution in [1.29, 1.82) is 0 Å². The molecule has 5 atom stereocenters. The van der Waals surface area contributed by atoms with Gasteiger partial charge in [-0.15, -0.1) is 0 Å². The Morgan fingerprint density at radius 2 is 1.74 bits per heavy atom. The summed E-state index contributed by atoms with van der Waals surface area (Å²) in [4.78, 5) is 12.1. The number of ketones is 1. The normalized spacial score (nSPS) is 33.1. The van der Waals surface area contributed by atoms with Gasteiger partial charge in [0.2, 0.25) is 0 Å². The van der Waals surface area contributed by atoms with Crippen molar-refractivity contribution in [2.24, 2.45) is 17.3 Å². The predicted molar refractivity (Wildman–Crippen MR) is 123 cm³/mol. The number of alkyl halides is 5. The minimum atomic E-state index is -5.75. The first-order valence-corrected chi connectivity index (χ1v) is 12.3. The van der Waals surface area contributed by atoms with E-state index in [-0.39, 0.29) is 30.0 Å². The van der Waals surface area contributed by atoms with Gasteiger partial charge in [-0.1, -0.05) is 49.4 Å².